The first-order valence-electron chi connectivity index (χ1n) is 8.64. The molecule has 6 heteroatoms. The lowest BCUT2D eigenvalue weighted by molar-refractivity contribution is 0.206. The molecule has 0 saturated carbocycles. The van der Waals surface area contributed by atoms with Crippen LogP contribution in [0.2, 0.25) is 0 Å². The number of urea groups is 1. The Hall–Kier alpha value is -2.37. The number of hydrogen-bond acceptors (Lipinski definition) is 3. The van der Waals surface area contributed by atoms with Crippen LogP contribution in [0.5, 0.6) is 0 Å². The van der Waals surface area contributed by atoms with Gasteiger partial charge in [-0.15, -0.1) is 0 Å². The maximum absolute atomic E-state index is 12.8. The Morgan fingerprint density at radius 3 is 2.92 bits per heavy atom. The summed E-state index contributed by atoms with van der Waals surface area (Å²) in [5.74, 6) is 0. The van der Waals surface area contributed by atoms with Gasteiger partial charge in [0.05, 0.1) is 28.8 Å². The normalized spacial score (nSPS) is 17.3. The van der Waals surface area contributed by atoms with Gasteiger partial charge in [0, 0.05) is 19.3 Å². The number of hydrogen-bond donors (Lipinski definition) is 1. The molecule has 24 heavy (non-hydrogen) atoms. The van der Waals surface area contributed by atoms with E-state index in [9.17, 15) is 4.79 Å². The summed E-state index contributed by atoms with van der Waals surface area (Å²) >= 11 is 0. The van der Waals surface area contributed by atoms with Crippen molar-refractivity contribution in [3.8, 4) is 0 Å². The van der Waals surface area contributed by atoms with Crippen LogP contribution in [-0.4, -0.2) is 32.2 Å². The predicted molar refractivity (Wildman–Crippen MR) is 93.9 cm³/mol. The highest BCUT2D eigenvalue weighted by Crippen LogP contribution is 2.31. The van der Waals surface area contributed by atoms with E-state index in [-0.39, 0.29) is 12.1 Å². The van der Waals surface area contributed by atoms with Crippen molar-refractivity contribution in [2.24, 2.45) is 0 Å². The largest absolute Gasteiger partial charge is 0.322 e. The Balaban J connectivity index is 1.77. The first-order chi connectivity index (χ1) is 11.6. The number of anilines is 1. The molecule has 0 aliphatic carbocycles. The van der Waals surface area contributed by atoms with E-state index in [4.69, 9.17) is 0 Å². The fourth-order valence-corrected chi connectivity index (χ4v) is 3.38. The molecule has 1 aliphatic heterocycles. The van der Waals surface area contributed by atoms with Crippen molar-refractivity contribution in [3.05, 3.63) is 41.5 Å². The minimum absolute atomic E-state index is 0.0532. The summed E-state index contributed by atoms with van der Waals surface area (Å²) < 4.78 is 1.96. The summed E-state index contributed by atoms with van der Waals surface area (Å²) in [7, 11) is 0. The lowest BCUT2D eigenvalue weighted by atomic mass is 10.1. The molecule has 1 aliphatic rings. The Bertz CT molecular complexity index is 710. The lowest BCUT2D eigenvalue weighted by Crippen LogP contribution is -2.35. The monoisotopic (exact) mass is 327 g/mol. The van der Waals surface area contributed by atoms with Crippen molar-refractivity contribution in [1.82, 2.24) is 19.7 Å². The van der Waals surface area contributed by atoms with Gasteiger partial charge in [-0.3, -0.25) is 9.67 Å². The molecule has 1 N–H and O–H groups in total. The van der Waals surface area contributed by atoms with Gasteiger partial charge in [-0.1, -0.05) is 13.0 Å². The van der Waals surface area contributed by atoms with Crippen LogP contribution in [-0.2, 0) is 6.54 Å². The third kappa shape index (κ3) is 3.13. The third-order valence-corrected chi connectivity index (χ3v) is 4.59. The SMILES string of the molecule is CCCn1nc(C)c(NC(=O)N2CCC[C@H]2c2ccccn2)c1C. The molecule has 1 atom stereocenters. The first-order valence-corrected chi connectivity index (χ1v) is 8.64. The van der Waals surface area contributed by atoms with E-state index in [0.717, 1.165) is 55.1 Å². The summed E-state index contributed by atoms with van der Waals surface area (Å²) in [5, 5.41) is 7.60. The van der Waals surface area contributed by atoms with Gasteiger partial charge >= 0.3 is 6.03 Å². The highest BCUT2D eigenvalue weighted by atomic mass is 16.2. The Morgan fingerprint density at radius 1 is 1.38 bits per heavy atom. The molecule has 2 aromatic rings. The first kappa shape index (κ1) is 16.5. The zero-order valence-corrected chi connectivity index (χ0v) is 14.6. The minimum Gasteiger partial charge on any atom is -0.316 e. The van der Waals surface area contributed by atoms with Gasteiger partial charge in [0.15, 0.2) is 0 Å². The minimum atomic E-state index is -0.0644. The van der Waals surface area contributed by atoms with Gasteiger partial charge in [-0.2, -0.15) is 5.10 Å². The molecule has 2 amide bonds. The van der Waals surface area contributed by atoms with Crippen molar-refractivity contribution < 1.29 is 4.79 Å². The maximum atomic E-state index is 12.8. The van der Waals surface area contributed by atoms with Gasteiger partial charge in [0.2, 0.25) is 0 Å². The van der Waals surface area contributed by atoms with Crippen LogP contribution >= 0.6 is 0 Å². The Morgan fingerprint density at radius 2 is 2.21 bits per heavy atom. The van der Waals surface area contributed by atoms with E-state index in [1.807, 2.05) is 41.6 Å². The van der Waals surface area contributed by atoms with E-state index in [1.165, 1.54) is 0 Å². The van der Waals surface area contributed by atoms with E-state index < -0.39 is 0 Å². The Labute approximate surface area is 142 Å². The van der Waals surface area contributed by atoms with E-state index in [2.05, 4.69) is 22.3 Å². The zero-order chi connectivity index (χ0) is 17.1. The van der Waals surface area contributed by atoms with E-state index >= 15 is 0 Å². The second-order valence-corrected chi connectivity index (χ2v) is 6.31. The number of carbonyl (C=O) groups is 1. The number of likely N-dealkylation sites (tertiary alicyclic amines) is 1. The molecule has 3 heterocycles. The maximum Gasteiger partial charge on any atom is 0.322 e. The van der Waals surface area contributed by atoms with Crippen LogP contribution in [0.1, 0.15) is 49.3 Å². The summed E-state index contributed by atoms with van der Waals surface area (Å²) in [5.41, 5.74) is 3.67. The van der Waals surface area contributed by atoms with Gasteiger partial charge in [-0.05, 0) is 45.2 Å². The molecular weight excluding hydrogens is 302 g/mol. The molecule has 0 radical (unpaired) electrons. The highest BCUT2D eigenvalue weighted by molar-refractivity contribution is 5.91. The molecule has 6 nitrogen and oxygen atoms in total. The number of nitrogens with one attached hydrogen (secondary N) is 1. The Kier molecular flexibility index (Phi) is 4.83. The molecule has 1 fully saturated rings. The van der Waals surface area contributed by atoms with E-state index in [1.54, 1.807) is 6.20 Å². The average Bonchev–Trinajstić information content (AvgIpc) is 3.17. The number of nitrogens with zero attached hydrogens (tertiary/aromatic N) is 4. The van der Waals surface area contributed by atoms with Crippen LogP contribution in [0.25, 0.3) is 0 Å². The van der Waals surface area contributed by atoms with Crippen molar-refractivity contribution in [3.63, 3.8) is 0 Å². The van der Waals surface area contributed by atoms with Crippen LogP contribution in [0.15, 0.2) is 24.4 Å². The molecule has 0 unspecified atom stereocenters. The molecule has 3 rings (SSSR count). The molecule has 128 valence electrons. The fraction of sp³-hybridized carbons (Fsp3) is 0.500. The zero-order valence-electron chi connectivity index (χ0n) is 14.6. The number of pyridine rings is 1. The second kappa shape index (κ2) is 7.03. The van der Waals surface area contributed by atoms with Gasteiger partial charge in [0.25, 0.3) is 0 Å². The average molecular weight is 327 g/mol. The number of rotatable bonds is 4. The molecule has 0 bridgehead atoms. The van der Waals surface area contributed by atoms with Crippen molar-refractivity contribution >= 4 is 11.7 Å². The van der Waals surface area contributed by atoms with E-state index in [0.29, 0.717) is 0 Å². The third-order valence-electron chi connectivity index (χ3n) is 4.59. The standard InChI is InChI=1S/C18H25N5O/c1-4-11-23-14(3)17(13(2)21-23)20-18(24)22-12-7-9-16(22)15-8-5-6-10-19-15/h5-6,8,10,16H,4,7,9,11-12H2,1-3H3,(H,20,24)/t16-/m0/s1. The number of carbonyl (C=O) groups excluding carboxylic acids is 1. The lowest BCUT2D eigenvalue weighted by Gasteiger charge is -2.24. The molecule has 2 aromatic heterocycles. The summed E-state index contributed by atoms with van der Waals surface area (Å²) in [6.45, 7) is 7.69. The molecule has 1 saturated heterocycles. The van der Waals surface area contributed by atoms with Crippen LogP contribution < -0.4 is 5.32 Å². The van der Waals surface area contributed by atoms with Crippen LogP contribution in [0, 0.1) is 13.8 Å². The van der Waals surface area contributed by atoms with Crippen molar-refractivity contribution in [2.75, 3.05) is 11.9 Å². The van der Waals surface area contributed by atoms with Gasteiger partial charge < -0.3 is 10.2 Å². The van der Waals surface area contributed by atoms with Crippen LogP contribution in [0.4, 0.5) is 10.5 Å². The van der Waals surface area contributed by atoms with Crippen LogP contribution in [0.3, 0.4) is 0 Å². The van der Waals surface area contributed by atoms with Crippen molar-refractivity contribution in [1.29, 1.82) is 0 Å². The van der Waals surface area contributed by atoms with Crippen molar-refractivity contribution in [2.45, 2.75) is 52.6 Å². The summed E-state index contributed by atoms with van der Waals surface area (Å²) in [6.07, 6.45) is 4.76. The van der Waals surface area contributed by atoms with Gasteiger partial charge in [0.1, 0.15) is 0 Å². The number of aromatic nitrogens is 3. The fourth-order valence-electron chi connectivity index (χ4n) is 3.38. The quantitative estimate of drug-likeness (QED) is 0.932. The topological polar surface area (TPSA) is 63.1 Å². The molecule has 0 aromatic carbocycles. The summed E-state index contributed by atoms with van der Waals surface area (Å²) in [4.78, 5) is 19.1. The molecule has 0 spiro atoms. The summed E-state index contributed by atoms with van der Waals surface area (Å²) in [6, 6.07) is 5.85. The molecular formula is C18H25N5O. The predicted octanol–water partition coefficient (Wildman–Crippen LogP) is 3.67. The smallest absolute Gasteiger partial charge is 0.316 e. The second-order valence-electron chi connectivity index (χ2n) is 6.31. The highest BCUT2D eigenvalue weighted by Gasteiger charge is 2.31. The van der Waals surface area contributed by atoms with Gasteiger partial charge in [-0.25, -0.2) is 4.79 Å². The number of aryl methyl sites for hydroxylation is 2. The number of amides is 2.